The van der Waals surface area contributed by atoms with Gasteiger partial charge in [0.05, 0.1) is 37.9 Å². The Hall–Kier alpha value is -3.23. The predicted octanol–water partition coefficient (Wildman–Crippen LogP) is 4.34. The van der Waals surface area contributed by atoms with Crippen LogP contribution in [-0.2, 0) is 27.2 Å². The first-order chi connectivity index (χ1) is 19.1. The monoisotopic (exact) mass is 530 g/mol. The summed E-state index contributed by atoms with van der Waals surface area (Å²) in [5, 5.41) is 13.4. The second-order valence-corrected chi connectivity index (χ2v) is 10.4. The first-order valence-electron chi connectivity index (χ1n) is 13.9. The molecule has 0 aliphatic carbocycles. The predicted molar refractivity (Wildman–Crippen MR) is 150 cm³/mol. The Labute approximate surface area is 230 Å². The van der Waals surface area contributed by atoms with E-state index in [2.05, 4.69) is 34.5 Å². The number of nitrogens with zero attached hydrogens (tertiary/aromatic N) is 1. The number of nitrogens with one attached hydrogen (secondary N) is 1. The summed E-state index contributed by atoms with van der Waals surface area (Å²) in [6.07, 6.45) is 2.19. The van der Waals surface area contributed by atoms with Crippen molar-refractivity contribution in [3.8, 4) is 11.5 Å². The third kappa shape index (κ3) is 8.13. The van der Waals surface area contributed by atoms with Crippen LogP contribution in [0.5, 0.6) is 11.5 Å². The van der Waals surface area contributed by atoms with Crippen molar-refractivity contribution in [2.24, 2.45) is 0 Å². The van der Waals surface area contributed by atoms with E-state index in [1.165, 1.54) is 5.56 Å². The van der Waals surface area contributed by atoms with Gasteiger partial charge in [-0.05, 0) is 54.7 Å². The van der Waals surface area contributed by atoms with Gasteiger partial charge in [0.25, 0.3) is 0 Å². The van der Waals surface area contributed by atoms with Crippen LogP contribution in [0.2, 0.25) is 0 Å². The molecule has 3 aromatic carbocycles. The lowest BCUT2D eigenvalue weighted by atomic mass is 9.94. The van der Waals surface area contributed by atoms with Gasteiger partial charge in [0.2, 0.25) is 5.91 Å². The second kappa shape index (κ2) is 13.7. The van der Waals surface area contributed by atoms with Gasteiger partial charge in [-0.1, -0.05) is 60.7 Å². The van der Waals surface area contributed by atoms with Gasteiger partial charge in [0, 0.05) is 25.7 Å². The van der Waals surface area contributed by atoms with Crippen LogP contribution in [0.4, 0.5) is 0 Å². The Balaban J connectivity index is 1.09. The topological polar surface area (TPSA) is 80.3 Å². The Morgan fingerprint density at radius 2 is 1.62 bits per heavy atom. The van der Waals surface area contributed by atoms with Gasteiger partial charge in [-0.15, -0.1) is 0 Å². The standard InChI is InChI=1S/C32H38N2O5/c35-26-21-34(18-17-24-7-3-1-4-8-24)30-16-15-29(39-31(30)23-37-22-26)19-32(36)33-20-25-11-13-28(14-12-25)38-27-9-5-2-6-10-27/h1-14,26,29-31,35H,15-23H2,(H,33,36)/t26-,29+,30-,31+/m0/s1. The molecule has 2 N–H and O–H groups in total. The maximum atomic E-state index is 12.8. The smallest absolute Gasteiger partial charge is 0.222 e. The zero-order chi connectivity index (χ0) is 26.9. The minimum Gasteiger partial charge on any atom is -0.457 e. The van der Waals surface area contributed by atoms with Crippen molar-refractivity contribution >= 4 is 5.91 Å². The fourth-order valence-electron chi connectivity index (χ4n) is 5.40. The lowest BCUT2D eigenvalue weighted by molar-refractivity contribution is -0.156. The molecule has 1 amide bonds. The molecule has 206 valence electrons. The second-order valence-electron chi connectivity index (χ2n) is 10.4. The highest BCUT2D eigenvalue weighted by Crippen LogP contribution is 2.28. The van der Waals surface area contributed by atoms with Crippen LogP contribution in [0.25, 0.3) is 0 Å². The average Bonchev–Trinajstić information content (AvgIpc) is 2.95. The summed E-state index contributed by atoms with van der Waals surface area (Å²) in [7, 11) is 0. The van der Waals surface area contributed by atoms with Gasteiger partial charge >= 0.3 is 0 Å². The van der Waals surface area contributed by atoms with E-state index in [4.69, 9.17) is 14.2 Å². The lowest BCUT2D eigenvalue weighted by Gasteiger charge is -2.44. The van der Waals surface area contributed by atoms with E-state index in [1.807, 2.05) is 60.7 Å². The zero-order valence-electron chi connectivity index (χ0n) is 22.3. The first-order valence-corrected chi connectivity index (χ1v) is 13.9. The SMILES string of the molecule is O=C(C[C@H]1CC[C@H]2[C@@H](COC[C@@H](O)CN2CCc2ccccc2)O1)NCc1ccc(Oc2ccccc2)cc1. The van der Waals surface area contributed by atoms with Crippen molar-refractivity contribution in [2.45, 2.75) is 56.6 Å². The zero-order valence-corrected chi connectivity index (χ0v) is 22.3. The van der Waals surface area contributed by atoms with Gasteiger partial charge in [-0.3, -0.25) is 9.69 Å². The molecule has 5 rings (SSSR count). The van der Waals surface area contributed by atoms with Gasteiger partial charge in [0.1, 0.15) is 11.5 Å². The molecule has 0 spiro atoms. The minimum atomic E-state index is -0.510. The number of para-hydroxylation sites is 1. The molecule has 7 nitrogen and oxygen atoms in total. The van der Waals surface area contributed by atoms with Crippen LogP contribution >= 0.6 is 0 Å². The number of carbonyl (C=O) groups is 1. The van der Waals surface area contributed by atoms with E-state index in [0.29, 0.717) is 32.7 Å². The van der Waals surface area contributed by atoms with Crippen LogP contribution in [0.1, 0.15) is 30.4 Å². The molecule has 0 bridgehead atoms. The van der Waals surface area contributed by atoms with Crippen molar-refractivity contribution in [3.05, 3.63) is 96.1 Å². The summed E-state index contributed by atoms with van der Waals surface area (Å²) in [4.78, 5) is 15.1. The number of benzene rings is 3. The number of carbonyl (C=O) groups excluding carboxylic acids is 1. The molecule has 2 heterocycles. The van der Waals surface area contributed by atoms with Crippen molar-refractivity contribution in [1.82, 2.24) is 10.2 Å². The molecule has 2 fully saturated rings. The number of aliphatic hydroxyl groups is 1. The molecule has 2 aliphatic heterocycles. The van der Waals surface area contributed by atoms with Crippen molar-refractivity contribution in [1.29, 1.82) is 0 Å². The fourth-order valence-corrected chi connectivity index (χ4v) is 5.40. The highest BCUT2D eigenvalue weighted by atomic mass is 16.5. The normalized spacial score (nSPS) is 23.7. The van der Waals surface area contributed by atoms with E-state index in [1.54, 1.807) is 0 Å². The van der Waals surface area contributed by atoms with Gasteiger partial charge < -0.3 is 24.6 Å². The molecular weight excluding hydrogens is 492 g/mol. The summed E-state index contributed by atoms with van der Waals surface area (Å²) in [6, 6.07) is 28.0. The van der Waals surface area contributed by atoms with E-state index < -0.39 is 6.10 Å². The van der Waals surface area contributed by atoms with Crippen LogP contribution in [0, 0.1) is 0 Å². The first kappa shape index (κ1) is 27.3. The summed E-state index contributed by atoms with van der Waals surface area (Å²) < 4.78 is 18.0. The highest BCUT2D eigenvalue weighted by molar-refractivity contribution is 5.76. The number of amides is 1. The van der Waals surface area contributed by atoms with E-state index in [-0.39, 0.29) is 24.2 Å². The third-order valence-corrected chi connectivity index (χ3v) is 7.42. The lowest BCUT2D eigenvalue weighted by Crippen LogP contribution is -2.56. The molecule has 0 aromatic heterocycles. The number of fused-ring (bicyclic) bond motifs is 1. The Kier molecular flexibility index (Phi) is 9.61. The molecule has 3 aromatic rings. The average molecular weight is 531 g/mol. The van der Waals surface area contributed by atoms with Gasteiger partial charge in [-0.2, -0.15) is 0 Å². The highest BCUT2D eigenvalue weighted by Gasteiger charge is 2.37. The summed E-state index contributed by atoms with van der Waals surface area (Å²) in [6.45, 7) is 2.61. The van der Waals surface area contributed by atoms with Crippen molar-refractivity contribution in [3.63, 3.8) is 0 Å². The quantitative estimate of drug-likeness (QED) is 0.429. The molecule has 4 atom stereocenters. The molecule has 0 radical (unpaired) electrons. The number of ether oxygens (including phenoxy) is 3. The molecule has 0 unspecified atom stereocenters. The van der Waals surface area contributed by atoms with Gasteiger partial charge in [-0.25, -0.2) is 0 Å². The van der Waals surface area contributed by atoms with E-state index >= 15 is 0 Å². The summed E-state index contributed by atoms with van der Waals surface area (Å²) in [5.41, 5.74) is 2.29. The Morgan fingerprint density at radius 1 is 0.897 bits per heavy atom. The number of hydrogen-bond acceptors (Lipinski definition) is 6. The molecule has 7 heteroatoms. The molecule has 39 heavy (non-hydrogen) atoms. The summed E-state index contributed by atoms with van der Waals surface area (Å²) in [5.74, 6) is 1.53. The van der Waals surface area contributed by atoms with Crippen LogP contribution in [0.3, 0.4) is 0 Å². The molecule has 0 saturated carbocycles. The number of β-amino-alcohol motifs (C(OH)–C–C–N with tert-alkyl or cyclic N) is 1. The largest absolute Gasteiger partial charge is 0.457 e. The van der Waals surface area contributed by atoms with Crippen molar-refractivity contribution < 1.29 is 24.1 Å². The van der Waals surface area contributed by atoms with Crippen LogP contribution in [-0.4, -0.2) is 66.6 Å². The maximum absolute atomic E-state index is 12.8. The van der Waals surface area contributed by atoms with E-state index in [0.717, 1.165) is 42.9 Å². The number of rotatable bonds is 9. The Morgan fingerprint density at radius 3 is 2.38 bits per heavy atom. The number of aliphatic hydroxyl groups excluding tert-OH is 1. The van der Waals surface area contributed by atoms with Gasteiger partial charge in [0.15, 0.2) is 0 Å². The molecule has 2 saturated heterocycles. The minimum absolute atomic E-state index is 0.0221. The van der Waals surface area contributed by atoms with Crippen LogP contribution < -0.4 is 10.1 Å². The summed E-state index contributed by atoms with van der Waals surface area (Å²) >= 11 is 0. The number of hydrogen-bond donors (Lipinski definition) is 2. The maximum Gasteiger partial charge on any atom is 0.222 e. The fraction of sp³-hybridized carbons (Fsp3) is 0.406. The third-order valence-electron chi connectivity index (χ3n) is 7.42. The Bertz CT molecular complexity index is 1160. The molecule has 2 aliphatic rings. The van der Waals surface area contributed by atoms with Crippen LogP contribution in [0.15, 0.2) is 84.9 Å². The van der Waals surface area contributed by atoms with Crippen molar-refractivity contribution in [2.75, 3.05) is 26.3 Å². The molecular formula is C32H38N2O5. The van der Waals surface area contributed by atoms with E-state index in [9.17, 15) is 9.90 Å².